The SMILES string of the molecule is CCc1ccc(C(=O)OCP)cc1. The second kappa shape index (κ2) is 4.98. The summed E-state index contributed by atoms with van der Waals surface area (Å²) in [5, 5.41) is 0. The number of carbonyl (C=O) groups is 1. The first kappa shape index (κ1) is 10.2. The van der Waals surface area contributed by atoms with Crippen molar-refractivity contribution >= 4 is 15.2 Å². The van der Waals surface area contributed by atoms with Crippen LogP contribution in [-0.4, -0.2) is 12.3 Å². The summed E-state index contributed by atoms with van der Waals surface area (Å²) >= 11 is 0. The third-order valence-electron chi connectivity index (χ3n) is 1.81. The molecule has 0 saturated heterocycles. The lowest BCUT2D eigenvalue weighted by Crippen LogP contribution is -2.03. The smallest absolute Gasteiger partial charge is 0.338 e. The van der Waals surface area contributed by atoms with E-state index in [0.717, 1.165) is 6.42 Å². The van der Waals surface area contributed by atoms with E-state index in [9.17, 15) is 4.79 Å². The number of esters is 1. The Labute approximate surface area is 80.5 Å². The second-order valence-electron chi connectivity index (χ2n) is 2.65. The Bertz CT molecular complexity index is 279. The maximum atomic E-state index is 11.2. The second-order valence-corrected chi connectivity index (χ2v) is 2.98. The summed E-state index contributed by atoms with van der Waals surface area (Å²) in [4.78, 5) is 11.2. The van der Waals surface area contributed by atoms with Gasteiger partial charge in [-0.1, -0.05) is 28.3 Å². The first-order valence-electron chi connectivity index (χ1n) is 4.24. The summed E-state index contributed by atoms with van der Waals surface area (Å²) in [5.74, 6) is -0.266. The molecule has 1 rings (SSSR count). The summed E-state index contributed by atoms with van der Waals surface area (Å²) < 4.78 is 4.83. The Kier molecular flexibility index (Phi) is 3.91. The Hall–Kier alpha value is -0.880. The van der Waals surface area contributed by atoms with E-state index in [-0.39, 0.29) is 5.97 Å². The molecule has 0 aliphatic rings. The van der Waals surface area contributed by atoms with Gasteiger partial charge in [0, 0.05) is 0 Å². The van der Waals surface area contributed by atoms with Crippen molar-refractivity contribution in [1.29, 1.82) is 0 Å². The van der Waals surface area contributed by atoms with Crippen LogP contribution in [0.2, 0.25) is 0 Å². The van der Waals surface area contributed by atoms with Crippen LogP contribution in [0.15, 0.2) is 24.3 Å². The summed E-state index contributed by atoms with van der Waals surface area (Å²) in [6, 6.07) is 7.47. The highest BCUT2D eigenvalue weighted by Crippen LogP contribution is 2.06. The van der Waals surface area contributed by atoms with Gasteiger partial charge < -0.3 is 4.74 Å². The molecule has 0 N–H and O–H groups in total. The molecule has 3 heteroatoms. The van der Waals surface area contributed by atoms with Crippen molar-refractivity contribution < 1.29 is 9.53 Å². The molecule has 0 saturated carbocycles. The zero-order valence-corrected chi connectivity index (χ0v) is 8.77. The number of ether oxygens (including phenoxy) is 1. The van der Waals surface area contributed by atoms with Gasteiger partial charge in [-0.2, -0.15) is 0 Å². The minimum Gasteiger partial charge on any atom is -0.458 e. The van der Waals surface area contributed by atoms with Gasteiger partial charge >= 0.3 is 5.97 Å². The molecule has 13 heavy (non-hydrogen) atoms. The van der Waals surface area contributed by atoms with E-state index in [2.05, 4.69) is 16.2 Å². The van der Waals surface area contributed by atoms with Crippen molar-refractivity contribution in [2.24, 2.45) is 0 Å². The van der Waals surface area contributed by atoms with Crippen molar-refractivity contribution in [1.82, 2.24) is 0 Å². The minimum absolute atomic E-state index is 0.266. The molecule has 0 aliphatic carbocycles. The predicted octanol–water partition coefficient (Wildman–Crippen LogP) is 2.24. The summed E-state index contributed by atoms with van der Waals surface area (Å²) in [7, 11) is 2.35. The fraction of sp³-hybridized carbons (Fsp3) is 0.300. The van der Waals surface area contributed by atoms with Crippen LogP contribution in [0.4, 0.5) is 0 Å². The first-order valence-corrected chi connectivity index (χ1v) is 5.05. The van der Waals surface area contributed by atoms with E-state index in [1.807, 2.05) is 12.1 Å². The molecule has 0 aromatic heterocycles. The zero-order valence-electron chi connectivity index (χ0n) is 7.62. The lowest BCUT2D eigenvalue weighted by atomic mass is 10.1. The van der Waals surface area contributed by atoms with Crippen molar-refractivity contribution in [2.45, 2.75) is 13.3 Å². The van der Waals surface area contributed by atoms with Crippen LogP contribution in [0.1, 0.15) is 22.8 Å². The van der Waals surface area contributed by atoms with Gasteiger partial charge in [0.1, 0.15) is 6.35 Å². The number of benzene rings is 1. The van der Waals surface area contributed by atoms with Crippen molar-refractivity contribution in [2.75, 3.05) is 6.35 Å². The topological polar surface area (TPSA) is 26.3 Å². The van der Waals surface area contributed by atoms with Crippen LogP contribution in [0, 0.1) is 0 Å². The van der Waals surface area contributed by atoms with Gasteiger partial charge in [0.25, 0.3) is 0 Å². The molecule has 1 aromatic rings. The van der Waals surface area contributed by atoms with Gasteiger partial charge in [0.15, 0.2) is 0 Å². The van der Waals surface area contributed by atoms with Crippen LogP contribution in [-0.2, 0) is 11.2 Å². The van der Waals surface area contributed by atoms with Crippen LogP contribution in [0.5, 0.6) is 0 Å². The first-order chi connectivity index (χ1) is 6.27. The van der Waals surface area contributed by atoms with Crippen LogP contribution < -0.4 is 0 Å². The average molecular weight is 196 g/mol. The fourth-order valence-electron chi connectivity index (χ4n) is 1.04. The molecule has 0 fully saturated rings. The molecule has 0 bridgehead atoms. The minimum atomic E-state index is -0.266. The molecular weight excluding hydrogens is 183 g/mol. The highest BCUT2D eigenvalue weighted by molar-refractivity contribution is 7.16. The molecule has 1 atom stereocenters. The van der Waals surface area contributed by atoms with Crippen molar-refractivity contribution in [3.63, 3.8) is 0 Å². The number of hydrogen-bond donors (Lipinski definition) is 0. The van der Waals surface area contributed by atoms with Crippen molar-refractivity contribution in [3.05, 3.63) is 35.4 Å². The number of aryl methyl sites for hydroxylation is 1. The molecule has 0 radical (unpaired) electrons. The Balaban J connectivity index is 2.74. The molecule has 70 valence electrons. The molecule has 0 spiro atoms. The fourth-order valence-corrected chi connectivity index (χ4v) is 1.19. The highest BCUT2D eigenvalue weighted by Gasteiger charge is 2.04. The quantitative estimate of drug-likeness (QED) is 0.547. The molecule has 1 unspecified atom stereocenters. The van der Waals surface area contributed by atoms with E-state index < -0.39 is 0 Å². The van der Waals surface area contributed by atoms with Crippen molar-refractivity contribution in [3.8, 4) is 0 Å². The van der Waals surface area contributed by atoms with Gasteiger partial charge in [-0.3, -0.25) is 0 Å². The van der Waals surface area contributed by atoms with E-state index in [1.165, 1.54) is 5.56 Å². The number of hydrogen-bond acceptors (Lipinski definition) is 2. The number of rotatable bonds is 3. The Morgan fingerprint density at radius 1 is 1.38 bits per heavy atom. The molecule has 1 aromatic carbocycles. The van der Waals surface area contributed by atoms with Gasteiger partial charge in [-0.15, -0.1) is 0 Å². The largest absolute Gasteiger partial charge is 0.458 e. The Morgan fingerprint density at radius 3 is 2.46 bits per heavy atom. The Morgan fingerprint density at radius 2 is 2.00 bits per heavy atom. The van der Waals surface area contributed by atoms with Gasteiger partial charge in [-0.05, 0) is 24.1 Å². The molecule has 2 nitrogen and oxygen atoms in total. The molecule has 0 heterocycles. The van der Waals surface area contributed by atoms with Crippen LogP contribution in [0.3, 0.4) is 0 Å². The maximum absolute atomic E-state index is 11.2. The molecule has 0 aliphatic heterocycles. The van der Waals surface area contributed by atoms with E-state index in [1.54, 1.807) is 12.1 Å². The van der Waals surface area contributed by atoms with Gasteiger partial charge in [-0.25, -0.2) is 4.79 Å². The summed E-state index contributed by atoms with van der Waals surface area (Å²) in [6.45, 7) is 2.08. The summed E-state index contributed by atoms with van der Waals surface area (Å²) in [6.07, 6.45) is 1.33. The lowest BCUT2D eigenvalue weighted by Gasteiger charge is -2.01. The van der Waals surface area contributed by atoms with Gasteiger partial charge in [0.2, 0.25) is 0 Å². The van der Waals surface area contributed by atoms with Crippen LogP contribution >= 0.6 is 9.24 Å². The third kappa shape index (κ3) is 2.82. The normalized spacial score (nSPS) is 9.69. The van der Waals surface area contributed by atoms with E-state index in [0.29, 0.717) is 11.9 Å². The third-order valence-corrected chi connectivity index (χ3v) is 1.98. The highest BCUT2D eigenvalue weighted by atomic mass is 31.0. The standard InChI is InChI=1S/C10H13O2P/c1-2-8-3-5-9(6-4-8)10(11)12-7-13/h3-6H,2,7,13H2,1H3. The zero-order chi connectivity index (χ0) is 9.68. The molecular formula is C10H13O2P. The lowest BCUT2D eigenvalue weighted by molar-refractivity contribution is 0.0578. The van der Waals surface area contributed by atoms with E-state index >= 15 is 0 Å². The van der Waals surface area contributed by atoms with Crippen LogP contribution in [0.25, 0.3) is 0 Å². The molecule has 0 amide bonds. The monoisotopic (exact) mass is 196 g/mol. The van der Waals surface area contributed by atoms with Gasteiger partial charge in [0.05, 0.1) is 5.56 Å². The number of carbonyl (C=O) groups excluding carboxylic acids is 1. The maximum Gasteiger partial charge on any atom is 0.338 e. The average Bonchev–Trinajstić information content (AvgIpc) is 2.18. The summed E-state index contributed by atoms with van der Waals surface area (Å²) in [5.41, 5.74) is 1.84. The predicted molar refractivity (Wildman–Crippen MR) is 55.8 cm³/mol. The van der Waals surface area contributed by atoms with E-state index in [4.69, 9.17) is 4.74 Å².